The number of ether oxygens (including phenoxy) is 3. The number of aliphatic hydroxyl groups is 1. The van der Waals surface area contributed by atoms with E-state index >= 15 is 0 Å². The average Bonchev–Trinajstić information content (AvgIpc) is 3.21. The molecule has 188 valence electrons. The lowest BCUT2D eigenvalue weighted by atomic mass is 9.98. The van der Waals surface area contributed by atoms with Gasteiger partial charge in [-0.15, -0.1) is 0 Å². The van der Waals surface area contributed by atoms with Gasteiger partial charge >= 0.3 is 5.97 Å². The molecule has 1 saturated heterocycles. The highest BCUT2D eigenvalue weighted by atomic mass is 16.6. The van der Waals surface area contributed by atoms with Gasteiger partial charge in [0.1, 0.15) is 25.0 Å². The van der Waals surface area contributed by atoms with Crippen LogP contribution in [0.2, 0.25) is 0 Å². The summed E-state index contributed by atoms with van der Waals surface area (Å²) in [6.45, 7) is 2.91. The maximum absolute atomic E-state index is 13.4. The highest BCUT2D eigenvalue weighted by molar-refractivity contribution is 6.51. The van der Waals surface area contributed by atoms with Crippen LogP contribution >= 0.6 is 0 Å². The average molecular weight is 501 g/mol. The van der Waals surface area contributed by atoms with Crippen molar-refractivity contribution < 1.29 is 33.7 Å². The zero-order valence-corrected chi connectivity index (χ0v) is 20.0. The standard InChI is InChI=1S/C28H24N2O7/c1-2-12-37-28(34)18-6-5-7-19(15-18)30-24(20-8-3-4-11-29-20)23(26(32)27(30)33)25(31)17-9-10-21-22(16-17)36-14-13-35-21/h3-11,15-16,24,31H,2,12-14H2,1H3/b25-23-. The lowest BCUT2D eigenvalue weighted by Gasteiger charge is -2.25. The van der Waals surface area contributed by atoms with Crippen LogP contribution in [-0.2, 0) is 14.3 Å². The number of fused-ring (bicyclic) bond motifs is 1. The molecule has 0 saturated carbocycles. The van der Waals surface area contributed by atoms with E-state index in [4.69, 9.17) is 14.2 Å². The molecule has 9 heteroatoms. The molecule has 1 fully saturated rings. The smallest absolute Gasteiger partial charge is 0.338 e. The molecule has 2 aliphatic heterocycles. The van der Waals surface area contributed by atoms with Crippen molar-refractivity contribution in [3.63, 3.8) is 0 Å². The van der Waals surface area contributed by atoms with E-state index in [0.29, 0.717) is 48.1 Å². The zero-order valence-electron chi connectivity index (χ0n) is 20.0. The van der Waals surface area contributed by atoms with Crippen LogP contribution in [-0.4, -0.2) is 47.6 Å². The third-order valence-electron chi connectivity index (χ3n) is 6.03. The Labute approximate surface area is 212 Å². The molecule has 0 aliphatic carbocycles. The van der Waals surface area contributed by atoms with Crippen LogP contribution in [0.25, 0.3) is 5.76 Å². The monoisotopic (exact) mass is 500 g/mol. The van der Waals surface area contributed by atoms with Crippen molar-refractivity contribution in [3.05, 3.63) is 89.3 Å². The van der Waals surface area contributed by atoms with E-state index in [2.05, 4.69) is 4.98 Å². The number of Topliss-reactive ketones (excluding diaryl/α,β-unsaturated/α-hetero) is 1. The summed E-state index contributed by atoms with van der Waals surface area (Å²) in [6, 6.07) is 15.2. The third kappa shape index (κ3) is 4.51. The molecule has 1 N–H and O–H groups in total. The summed E-state index contributed by atoms with van der Waals surface area (Å²) in [5, 5.41) is 11.3. The van der Waals surface area contributed by atoms with Gasteiger partial charge in [0.05, 0.1) is 23.4 Å². The van der Waals surface area contributed by atoms with Crippen molar-refractivity contribution in [1.29, 1.82) is 0 Å². The van der Waals surface area contributed by atoms with E-state index in [1.165, 1.54) is 17.2 Å². The molecule has 37 heavy (non-hydrogen) atoms. The molecule has 5 rings (SSSR count). The lowest BCUT2D eigenvalue weighted by Crippen LogP contribution is -2.30. The quantitative estimate of drug-likeness (QED) is 0.233. The molecule has 0 radical (unpaired) electrons. The molecule has 0 bridgehead atoms. The minimum Gasteiger partial charge on any atom is -0.507 e. The largest absolute Gasteiger partial charge is 0.507 e. The second-order valence-corrected chi connectivity index (χ2v) is 8.47. The fourth-order valence-corrected chi connectivity index (χ4v) is 4.32. The van der Waals surface area contributed by atoms with Gasteiger partial charge in [-0.1, -0.05) is 19.1 Å². The molecule has 2 aliphatic rings. The molecule has 2 aromatic carbocycles. The van der Waals surface area contributed by atoms with Gasteiger partial charge in [-0.05, 0) is 55.0 Å². The van der Waals surface area contributed by atoms with Crippen LogP contribution in [0.1, 0.15) is 41.0 Å². The number of carbonyl (C=O) groups excluding carboxylic acids is 3. The van der Waals surface area contributed by atoms with E-state index in [1.54, 1.807) is 54.6 Å². The van der Waals surface area contributed by atoms with Crippen molar-refractivity contribution in [2.45, 2.75) is 19.4 Å². The number of aromatic nitrogens is 1. The maximum atomic E-state index is 13.4. The predicted octanol–water partition coefficient (Wildman–Crippen LogP) is 4.05. The van der Waals surface area contributed by atoms with Gasteiger partial charge < -0.3 is 19.3 Å². The first-order valence-electron chi connectivity index (χ1n) is 11.9. The van der Waals surface area contributed by atoms with Crippen molar-refractivity contribution in [1.82, 2.24) is 4.98 Å². The number of nitrogens with zero attached hydrogens (tertiary/aromatic N) is 2. The molecule has 0 spiro atoms. The van der Waals surface area contributed by atoms with Gasteiger partial charge in [-0.2, -0.15) is 0 Å². The first-order chi connectivity index (χ1) is 18.0. The normalized spacial score (nSPS) is 18.1. The summed E-state index contributed by atoms with van der Waals surface area (Å²) in [5.41, 5.74) is 1.07. The summed E-state index contributed by atoms with van der Waals surface area (Å²) in [5.74, 6) is -1.68. The number of carbonyl (C=O) groups is 3. The Morgan fingerprint density at radius 2 is 1.84 bits per heavy atom. The minimum atomic E-state index is -1.03. The fourth-order valence-electron chi connectivity index (χ4n) is 4.32. The molecular formula is C28H24N2O7. The Kier molecular flexibility index (Phi) is 6.59. The highest BCUT2D eigenvalue weighted by Crippen LogP contribution is 2.42. The van der Waals surface area contributed by atoms with Crippen molar-refractivity contribution >= 4 is 29.1 Å². The van der Waals surface area contributed by atoms with E-state index in [0.717, 1.165) is 0 Å². The zero-order chi connectivity index (χ0) is 25.9. The Hall–Kier alpha value is -4.66. The Balaban J connectivity index is 1.62. The van der Waals surface area contributed by atoms with Crippen LogP contribution < -0.4 is 14.4 Å². The van der Waals surface area contributed by atoms with Crippen LogP contribution in [0.3, 0.4) is 0 Å². The van der Waals surface area contributed by atoms with Gasteiger partial charge in [0, 0.05) is 17.4 Å². The van der Waals surface area contributed by atoms with Gasteiger partial charge in [0.15, 0.2) is 11.5 Å². The third-order valence-corrected chi connectivity index (χ3v) is 6.03. The van der Waals surface area contributed by atoms with Crippen molar-refractivity contribution in [2.24, 2.45) is 0 Å². The predicted molar refractivity (Wildman–Crippen MR) is 133 cm³/mol. The maximum Gasteiger partial charge on any atom is 0.338 e. The van der Waals surface area contributed by atoms with E-state index in [1.807, 2.05) is 6.92 Å². The SMILES string of the molecule is CCCOC(=O)c1cccc(N2C(=O)C(=O)/C(=C(\O)c3ccc4c(c3)OCCO4)C2c2ccccn2)c1. The molecule has 1 amide bonds. The number of pyridine rings is 1. The lowest BCUT2D eigenvalue weighted by molar-refractivity contribution is -0.132. The van der Waals surface area contributed by atoms with E-state index in [-0.39, 0.29) is 23.5 Å². The van der Waals surface area contributed by atoms with E-state index < -0.39 is 23.7 Å². The number of aliphatic hydroxyl groups excluding tert-OH is 1. The molecular weight excluding hydrogens is 476 g/mol. The number of hydrogen-bond acceptors (Lipinski definition) is 8. The van der Waals surface area contributed by atoms with Crippen molar-refractivity contribution in [3.8, 4) is 11.5 Å². The Bertz CT molecular complexity index is 1400. The fraction of sp³-hybridized carbons (Fsp3) is 0.214. The van der Waals surface area contributed by atoms with Crippen molar-refractivity contribution in [2.75, 3.05) is 24.7 Å². The van der Waals surface area contributed by atoms with Crippen LogP contribution in [0.4, 0.5) is 5.69 Å². The Morgan fingerprint density at radius 3 is 2.59 bits per heavy atom. The molecule has 9 nitrogen and oxygen atoms in total. The minimum absolute atomic E-state index is 0.126. The first-order valence-corrected chi connectivity index (χ1v) is 11.9. The highest BCUT2D eigenvalue weighted by Gasteiger charge is 2.47. The van der Waals surface area contributed by atoms with Crippen LogP contribution in [0.15, 0.2) is 72.4 Å². The topological polar surface area (TPSA) is 115 Å². The number of amides is 1. The van der Waals surface area contributed by atoms with Gasteiger partial charge in [-0.25, -0.2) is 4.79 Å². The summed E-state index contributed by atoms with van der Waals surface area (Å²) < 4.78 is 16.4. The molecule has 3 aromatic rings. The van der Waals surface area contributed by atoms with Gasteiger partial charge in [0.2, 0.25) is 0 Å². The summed E-state index contributed by atoms with van der Waals surface area (Å²) in [6.07, 6.45) is 2.21. The van der Waals surface area contributed by atoms with Crippen LogP contribution in [0.5, 0.6) is 11.5 Å². The first kappa shape index (κ1) is 24.1. The second-order valence-electron chi connectivity index (χ2n) is 8.47. The molecule has 1 atom stereocenters. The second kappa shape index (κ2) is 10.1. The Morgan fingerprint density at radius 1 is 1.03 bits per heavy atom. The molecule has 1 aromatic heterocycles. The number of rotatable bonds is 6. The van der Waals surface area contributed by atoms with Crippen LogP contribution in [0, 0.1) is 0 Å². The van der Waals surface area contributed by atoms with Gasteiger partial charge in [-0.3, -0.25) is 19.5 Å². The number of ketones is 1. The van der Waals surface area contributed by atoms with Gasteiger partial charge in [0.25, 0.3) is 11.7 Å². The summed E-state index contributed by atoms with van der Waals surface area (Å²) >= 11 is 0. The summed E-state index contributed by atoms with van der Waals surface area (Å²) in [4.78, 5) is 44.8. The number of anilines is 1. The molecule has 3 heterocycles. The van der Waals surface area contributed by atoms with E-state index in [9.17, 15) is 19.5 Å². The summed E-state index contributed by atoms with van der Waals surface area (Å²) in [7, 11) is 0. The number of benzene rings is 2. The molecule has 1 unspecified atom stereocenters. The number of esters is 1. The number of hydrogen-bond donors (Lipinski definition) is 1.